The zero-order valence-electron chi connectivity index (χ0n) is 15.6. The van der Waals surface area contributed by atoms with Crippen molar-refractivity contribution in [3.8, 4) is 0 Å². The van der Waals surface area contributed by atoms with E-state index in [4.69, 9.17) is 4.42 Å². The van der Waals surface area contributed by atoms with E-state index >= 15 is 0 Å². The lowest BCUT2D eigenvalue weighted by atomic mass is 10.1. The van der Waals surface area contributed by atoms with E-state index < -0.39 is 0 Å². The largest absolute Gasteiger partial charge is 0.469 e. The summed E-state index contributed by atoms with van der Waals surface area (Å²) in [4.78, 5) is 31.5. The number of rotatable bonds is 4. The smallest absolute Gasteiger partial charge is 0.260 e. The number of fused-ring (bicyclic) bond motifs is 1. The zero-order valence-corrected chi connectivity index (χ0v) is 16.4. The van der Waals surface area contributed by atoms with Gasteiger partial charge in [0.05, 0.1) is 23.9 Å². The Morgan fingerprint density at radius 2 is 2.11 bits per heavy atom. The molecule has 7 heteroatoms. The van der Waals surface area contributed by atoms with Crippen LogP contribution in [-0.2, 0) is 17.6 Å². The van der Waals surface area contributed by atoms with Gasteiger partial charge >= 0.3 is 0 Å². The van der Waals surface area contributed by atoms with Crippen LogP contribution >= 0.6 is 11.3 Å². The molecule has 0 unspecified atom stereocenters. The Kier molecular flexibility index (Phi) is 5.25. The van der Waals surface area contributed by atoms with Crippen LogP contribution in [0.25, 0.3) is 0 Å². The number of para-hydroxylation sites is 1. The molecular weight excluding hydrogens is 374 g/mol. The van der Waals surface area contributed by atoms with Crippen LogP contribution in [0.5, 0.6) is 0 Å². The maximum Gasteiger partial charge on any atom is 0.260 e. The number of amides is 2. The highest BCUT2D eigenvalue weighted by Gasteiger charge is 2.22. The molecule has 1 aliphatic rings. The van der Waals surface area contributed by atoms with Gasteiger partial charge in [0.25, 0.3) is 5.91 Å². The Balaban J connectivity index is 1.45. The number of aromatic nitrogens is 1. The van der Waals surface area contributed by atoms with E-state index in [2.05, 4.69) is 16.4 Å². The van der Waals surface area contributed by atoms with Crippen molar-refractivity contribution in [2.45, 2.75) is 32.6 Å². The predicted molar refractivity (Wildman–Crippen MR) is 109 cm³/mol. The van der Waals surface area contributed by atoms with Gasteiger partial charge in [-0.3, -0.25) is 14.9 Å². The molecule has 3 heterocycles. The van der Waals surface area contributed by atoms with E-state index in [1.807, 2.05) is 28.5 Å². The highest BCUT2D eigenvalue weighted by Crippen LogP contribution is 2.27. The molecule has 1 aliphatic heterocycles. The Morgan fingerprint density at radius 3 is 2.93 bits per heavy atom. The van der Waals surface area contributed by atoms with Gasteiger partial charge in [-0.2, -0.15) is 0 Å². The Morgan fingerprint density at radius 1 is 1.25 bits per heavy atom. The first-order valence-corrected chi connectivity index (χ1v) is 10.2. The minimum atomic E-state index is -0.264. The molecule has 0 saturated heterocycles. The predicted octanol–water partition coefficient (Wildman–Crippen LogP) is 4.21. The van der Waals surface area contributed by atoms with Crippen molar-refractivity contribution >= 4 is 34.0 Å². The summed E-state index contributed by atoms with van der Waals surface area (Å²) < 4.78 is 5.16. The quantitative estimate of drug-likeness (QED) is 0.718. The van der Waals surface area contributed by atoms with Crippen LogP contribution in [-0.4, -0.2) is 23.3 Å². The first-order valence-electron chi connectivity index (χ1n) is 9.30. The molecule has 0 radical (unpaired) electrons. The summed E-state index contributed by atoms with van der Waals surface area (Å²) in [6.07, 6.45) is 4.77. The van der Waals surface area contributed by atoms with Gasteiger partial charge < -0.3 is 9.32 Å². The second-order valence-corrected chi connectivity index (χ2v) is 7.65. The molecule has 0 aliphatic carbocycles. The molecule has 28 heavy (non-hydrogen) atoms. The normalized spacial score (nSPS) is 13.7. The van der Waals surface area contributed by atoms with Gasteiger partial charge in [-0.05, 0) is 43.9 Å². The molecule has 6 nitrogen and oxygen atoms in total. The molecule has 2 aromatic heterocycles. The van der Waals surface area contributed by atoms with E-state index in [1.165, 1.54) is 23.2 Å². The van der Waals surface area contributed by atoms with Crippen molar-refractivity contribution in [2.24, 2.45) is 0 Å². The lowest BCUT2D eigenvalue weighted by Gasteiger charge is -2.22. The molecule has 3 aromatic rings. The van der Waals surface area contributed by atoms with Gasteiger partial charge in [-0.25, -0.2) is 4.98 Å². The first-order chi connectivity index (χ1) is 13.6. The lowest BCUT2D eigenvalue weighted by Crippen LogP contribution is -2.33. The van der Waals surface area contributed by atoms with Gasteiger partial charge in [0, 0.05) is 17.6 Å². The maximum absolute atomic E-state index is 12.9. The van der Waals surface area contributed by atoms with E-state index in [0.717, 1.165) is 31.5 Å². The number of carbonyl (C=O) groups is 2. The van der Waals surface area contributed by atoms with E-state index in [-0.39, 0.29) is 18.2 Å². The number of carbonyl (C=O) groups excluding carboxylic acids is 2. The summed E-state index contributed by atoms with van der Waals surface area (Å²) in [7, 11) is 0. The third-order valence-corrected chi connectivity index (χ3v) is 5.68. The van der Waals surface area contributed by atoms with E-state index in [1.54, 1.807) is 13.0 Å². The van der Waals surface area contributed by atoms with Crippen LogP contribution in [0.3, 0.4) is 0 Å². The lowest BCUT2D eigenvalue weighted by molar-refractivity contribution is -0.118. The third-order valence-electron chi connectivity index (χ3n) is 4.87. The highest BCUT2D eigenvalue weighted by molar-refractivity contribution is 7.14. The van der Waals surface area contributed by atoms with Crippen molar-refractivity contribution in [3.05, 3.63) is 64.6 Å². The number of benzene rings is 1. The molecule has 0 saturated carbocycles. The Hall–Kier alpha value is -2.93. The van der Waals surface area contributed by atoms with Crippen LogP contribution in [0, 0.1) is 6.92 Å². The number of furan rings is 1. The van der Waals surface area contributed by atoms with Crippen molar-refractivity contribution < 1.29 is 14.0 Å². The second-order valence-electron chi connectivity index (χ2n) is 6.80. The summed E-state index contributed by atoms with van der Waals surface area (Å²) in [5.41, 5.74) is 3.36. The highest BCUT2D eigenvalue weighted by atomic mass is 32.1. The van der Waals surface area contributed by atoms with Crippen LogP contribution < -0.4 is 10.2 Å². The molecule has 0 atom stereocenters. The summed E-state index contributed by atoms with van der Waals surface area (Å²) >= 11 is 1.31. The zero-order chi connectivity index (χ0) is 19.5. The minimum Gasteiger partial charge on any atom is -0.469 e. The average Bonchev–Trinajstić information content (AvgIpc) is 3.24. The van der Waals surface area contributed by atoms with Gasteiger partial charge in [-0.15, -0.1) is 11.3 Å². The molecule has 2 amide bonds. The summed E-state index contributed by atoms with van der Waals surface area (Å²) in [6.45, 7) is 2.46. The van der Waals surface area contributed by atoms with E-state index in [9.17, 15) is 9.59 Å². The molecule has 1 N–H and O–H groups in total. The Labute approximate surface area is 167 Å². The van der Waals surface area contributed by atoms with Crippen molar-refractivity contribution in [1.82, 2.24) is 4.98 Å². The van der Waals surface area contributed by atoms with Crippen molar-refractivity contribution in [1.29, 1.82) is 0 Å². The first kappa shape index (κ1) is 18.4. The summed E-state index contributed by atoms with van der Waals surface area (Å²) in [5, 5.41) is 5.06. The number of hydrogen-bond donors (Lipinski definition) is 1. The summed E-state index contributed by atoms with van der Waals surface area (Å²) in [6, 6.07) is 9.72. The average molecular weight is 395 g/mol. The Bertz CT molecular complexity index is 1010. The molecular formula is C21H21N3O3S. The molecule has 0 spiro atoms. The molecule has 1 aromatic carbocycles. The molecule has 4 rings (SSSR count). The number of hydrogen-bond acceptors (Lipinski definition) is 5. The summed E-state index contributed by atoms with van der Waals surface area (Å²) in [5.74, 6) is 0.326. The van der Waals surface area contributed by atoms with Crippen LogP contribution in [0.15, 0.2) is 46.4 Å². The van der Waals surface area contributed by atoms with Gasteiger partial charge in [0.15, 0.2) is 5.13 Å². The molecule has 0 fully saturated rings. The monoisotopic (exact) mass is 395 g/mol. The number of nitrogens with zero attached hydrogens (tertiary/aromatic N) is 2. The van der Waals surface area contributed by atoms with Crippen LogP contribution in [0.1, 0.15) is 40.2 Å². The topological polar surface area (TPSA) is 75.4 Å². The number of thiazole rings is 1. The molecule has 0 bridgehead atoms. The fourth-order valence-electron chi connectivity index (χ4n) is 3.43. The standard InChI is InChI=1S/C21H21N3O3S/c1-14-17(9-11-27-14)20(26)23-21-22-16(13-28-21)12-19(25)24-10-5-4-7-15-6-2-3-8-18(15)24/h2-3,6,8-9,11,13H,4-5,7,10,12H2,1H3,(H,22,23,26). The number of aryl methyl sites for hydroxylation is 2. The van der Waals surface area contributed by atoms with Gasteiger partial charge in [0.1, 0.15) is 5.76 Å². The second kappa shape index (κ2) is 7.98. The minimum absolute atomic E-state index is 0.0307. The SMILES string of the molecule is Cc1occc1C(=O)Nc1nc(CC(=O)N2CCCCc3ccccc32)cs1. The van der Waals surface area contributed by atoms with Crippen molar-refractivity contribution in [3.63, 3.8) is 0 Å². The molecule has 144 valence electrons. The third kappa shape index (κ3) is 3.84. The fourth-order valence-corrected chi connectivity index (χ4v) is 4.14. The van der Waals surface area contributed by atoms with Crippen molar-refractivity contribution in [2.75, 3.05) is 16.8 Å². The van der Waals surface area contributed by atoms with Crippen LogP contribution in [0.4, 0.5) is 10.8 Å². The van der Waals surface area contributed by atoms with Crippen LogP contribution in [0.2, 0.25) is 0 Å². The fraction of sp³-hybridized carbons (Fsp3) is 0.286. The van der Waals surface area contributed by atoms with E-state index in [0.29, 0.717) is 22.1 Å². The van der Waals surface area contributed by atoms with Gasteiger partial charge in [-0.1, -0.05) is 18.2 Å². The maximum atomic E-state index is 12.9. The number of nitrogens with one attached hydrogen (secondary N) is 1. The number of anilines is 2. The van der Waals surface area contributed by atoms with Gasteiger partial charge in [0.2, 0.25) is 5.91 Å².